The van der Waals surface area contributed by atoms with E-state index < -0.39 is 0 Å². The number of anilines is 3. The zero-order chi connectivity index (χ0) is 44.3. The summed E-state index contributed by atoms with van der Waals surface area (Å²) in [5, 5.41) is 7.15. The molecule has 314 valence electrons. The fourth-order valence-corrected chi connectivity index (χ4v) is 10.2. The zero-order valence-electron chi connectivity index (χ0n) is 36.6. The lowest BCUT2D eigenvalue weighted by molar-refractivity contribution is 0.669. The van der Waals surface area contributed by atoms with Gasteiger partial charge in [-0.2, -0.15) is 0 Å². The summed E-state index contributed by atoms with van der Waals surface area (Å²) in [6.45, 7) is 0. The monoisotopic (exact) mass is 854 g/mol. The van der Waals surface area contributed by atoms with Crippen LogP contribution in [0, 0.1) is 0 Å². The molecule has 13 aromatic rings. The molecule has 0 spiro atoms. The van der Waals surface area contributed by atoms with Gasteiger partial charge in [0.15, 0.2) is 0 Å². The van der Waals surface area contributed by atoms with E-state index in [1.54, 1.807) is 0 Å². The van der Waals surface area contributed by atoms with Crippen molar-refractivity contribution in [3.05, 3.63) is 255 Å². The first-order valence-electron chi connectivity index (χ1n) is 22.9. The van der Waals surface area contributed by atoms with E-state index in [4.69, 9.17) is 4.42 Å². The first kappa shape index (κ1) is 38.5. The van der Waals surface area contributed by atoms with Crippen LogP contribution in [0.1, 0.15) is 0 Å². The number of rotatable bonds is 8. The number of para-hydroxylation sites is 2. The van der Waals surface area contributed by atoms with Crippen molar-refractivity contribution in [1.82, 2.24) is 4.57 Å². The van der Waals surface area contributed by atoms with Crippen LogP contribution < -0.4 is 4.90 Å². The lowest BCUT2D eigenvalue weighted by Crippen LogP contribution is -2.10. The van der Waals surface area contributed by atoms with Crippen molar-refractivity contribution in [2.24, 2.45) is 0 Å². The van der Waals surface area contributed by atoms with Gasteiger partial charge >= 0.3 is 0 Å². The molecule has 0 aliphatic rings. The van der Waals surface area contributed by atoms with Gasteiger partial charge in [-0.25, -0.2) is 0 Å². The maximum atomic E-state index is 6.46. The van der Waals surface area contributed by atoms with Crippen LogP contribution in [0.2, 0.25) is 0 Å². The molecule has 3 heteroatoms. The average molecular weight is 855 g/mol. The number of hydrogen-bond acceptors (Lipinski definition) is 2. The van der Waals surface area contributed by atoms with Crippen LogP contribution in [-0.4, -0.2) is 4.57 Å². The predicted octanol–water partition coefficient (Wildman–Crippen LogP) is 18.0. The van der Waals surface area contributed by atoms with Crippen molar-refractivity contribution in [3.63, 3.8) is 0 Å². The Morgan fingerprint density at radius 1 is 0.313 bits per heavy atom. The highest BCUT2D eigenvalue weighted by molar-refractivity contribution is 6.19. The predicted molar refractivity (Wildman–Crippen MR) is 282 cm³/mol. The molecule has 0 unspecified atom stereocenters. The van der Waals surface area contributed by atoms with E-state index in [9.17, 15) is 0 Å². The molecule has 13 rings (SSSR count). The molecular formula is C64H42N2O. The van der Waals surface area contributed by atoms with Crippen molar-refractivity contribution in [2.75, 3.05) is 4.90 Å². The normalized spacial score (nSPS) is 11.6. The molecule has 0 bridgehead atoms. The van der Waals surface area contributed by atoms with E-state index in [1.165, 1.54) is 60.4 Å². The Kier molecular flexibility index (Phi) is 9.17. The highest BCUT2D eigenvalue weighted by atomic mass is 16.3. The fraction of sp³-hybridized carbons (Fsp3) is 0. The van der Waals surface area contributed by atoms with E-state index in [-0.39, 0.29) is 0 Å². The summed E-state index contributed by atoms with van der Waals surface area (Å²) in [4.78, 5) is 2.37. The van der Waals surface area contributed by atoms with E-state index >= 15 is 0 Å². The summed E-state index contributed by atoms with van der Waals surface area (Å²) in [7, 11) is 0. The van der Waals surface area contributed by atoms with Gasteiger partial charge in [-0.05, 0) is 129 Å². The summed E-state index contributed by atoms with van der Waals surface area (Å²) >= 11 is 0. The third-order valence-corrected chi connectivity index (χ3v) is 13.4. The molecule has 0 aliphatic carbocycles. The second-order valence-electron chi connectivity index (χ2n) is 17.3. The number of benzene rings is 11. The minimum atomic E-state index is 0.859. The molecule has 11 aromatic carbocycles. The van der Waals surface area contributed by atoms with Gasteiger partial charge in [-0.3, -0.25) is 0 Å². The third kappa shape index (κ3) is 6.67. The van der Waals surface area contributed by atoms with Crippen molar-refractivity contribution < 1.29 is 4.42 Å². The molecule has 0 fully saturated rings. The van der Waals surface area contributed by atoms with E-state index in [0.29, 0.717) is 0 Å². The quantitative estimate of drug-likeness (QED) is 0.152. The van der Waals surface area contributed by atoms with Crippen LogP contribution in [-0.2, 0) is 0 Å². The van der Waals surface area contributed by atoms with E-state index in [1.807, 2.05) is 6.07 Å². The second kappa shape index (κ2) is 16.0. The topological polar surface area (TPSA) is 21.3 Å². The molecular weight excluding hydrogens is 813 g/mol. The maximum absolute atomic E-state index is 6.46. The zero-order valence-corrected chi connectivity index (χ0v) is 36.6. The summed E-state index contributed by atoms with van der Waals surface area (Å²) in [5.41, 5.74) is 17.9. The Morgan fingerprint density at radius 2 is 0.821 bits per heavy atom. The van der Waals surface area contributed by atoms with Gasteiger partial charge in [0, 0.05) is 38.6 Å². The van der Waals surface area contributed by atoms with Crippen LogP contribution in [0.25, 0.3) is 105 Å². The Labute approximate surface area is 388 Å². The van der Waals surface area contributed by atoms with E-state index in [0.717, 1.165) is 61.4 Å². The Bertz CT molecular complexity index is 3890. The number of aromatic nitrogens is 1. The highest BCUT2D eigenvalue weighted by Gasteiger charge is 2.21. The first-order valence-corrected chi connectivity index (χ1v) is 22.9. The number of fused-ring (bicyclic) bond motifs is 8. The number of furan rings is 1. The van der Waals surface area contributed by atoms with Crippen molar-refractivity contribution >= 4 is 71.6 Å². The maximum Gasteiger partial charge on any atom is 0.137 e. The van der Waals surface area contributed by atoms with Gasteiger partial charge in [0.1, 0.15) is 11.2 Å². The van der Waals surface area contributed by atoms with Crippen LogP contribution >= 0.6 is 0 Å². The molecule has 0 saturated carbocycles. The van der Waals surface area contributed by atoms with Crippen LogP contribution in [0.5, 0.6) is 0 Å². The van der Waals surface area contributed by atoms with Crippen LogP contribution in [0.3, 0.4) is 0 Å². The molecule has 0 aliphatic heterocycles. The van der Waals surface area contributed by atoms with Crippen molar-refractivity contribution in [3.8, 4) is 50.2 Å². The van der Waals surface area contributed by atoms with Gasteiger partial charge in [-0.1, -0.05) is 176 Å². The number of hydrogen-bond donors (Lipinski definition) is 0. The molecule has 67 heavy (non-hydrogen) atoms. The molecule has 3 nitrogen and oxygen atoms in total. The van der Waals surface area contributed by atoms with E-state index in [2.05, 4.69) is 258 Å². The van der Waals surface area contributed by atoms with Gasteiger partial charge in [0.25, 0.3) is 0 Å². The molecule has 0 atom stereocenters. The smallest absolute Gasteiger partial charge is 0.137 e. The van der Waals surface area contributed by atoms with Crippen LogP contribution in [0.4, 0.5) is 17.1 Å². The number of nitrogens with zero attached hydrogens (tertiary/aromatic N) is 2. The molecule has 2 heterocycles. The minimum Gasteiger partial charge on any atom is -0.456 e. The molecule has 0 N–H and O–H groups in total. The fourth-order valence-electron chi connectivity index (χ4n) is 10.2. The van der Waals surface area contributed by atoms with Gasteiger partial charge in [-0.15, -0.1) is 0 Å². The molecule has 0 radical (unpaired) electrons. The average Bonchev–Trinajstić information content (AvgIpc) is 3.96. The standard InChI is InChI=1S/C64H42N2O/c1-4-15-43(16-5-1)49-39-50(44-17-6-2-7-18-44)41-51(40-49)46-29-35-54(36-30-46)65(59-24-14-26-62-63(59)58-23-12-13-25-61(58)67-62)53-33-27-45(28-34-53)48-32-37-56-57-38-31-47-19-10-11-22-55(47)64(57)66(60(56)42-48)52-20-8-3-9-21-52/h1-42H. The molecule has 2 aromatic heterocycles. The summed E-state index contributed by atoms with van der Waals surface area (Å²) < 4.78 is 8.89. The second-order valence-corrected chi connectivity index (χ2v) is 17.3. The Balaban J connectivity index is 0.939. The van der Waals surface area contributed by atoms with Gasteiger partial charge in [0.2, 0.25) is 0 Å². The van der Waals surface area contributed by atoms with Crippen molar-refractivity contribution in [2.45, 2.75) is 0 Å². The van der Waals surface area contributed by atoms with Crippen LogP contribution in [0.15, 0.2) is 259 Å². The Hall–Kier alpha value is -8.92. The first-order chi connectivity index (χ1) is 33.2. The van der Waals surface area contributed by atoms with Gasteiger partial charge < -0.3 is 13.9 Å². The lowest BCUT2D eigenvalue weighted by atomic mass is 9.93. The van der Waals surface area contributed by atoms with Crippen molar-refractivity contribution in [1.29, 1.82) is 0 Å². The largest absolute Gasteiger partial charge is 0.456 e. The minimum absolute atomic E-state index is 0.859. The molecule has 0 saturated heterocycles. The third-order valence-electron chi connectivity index (χ3n) is 13.4. The SMILES string of the molecule is c1ccc(-c2cc(-c3ccccc3)cc(-c3ccc(N(c4ccc(-c5ccc6c7ccc8ccccc8c7n(-c7ccccc7)c6c5)cc4)c4cccc5oc6ccccc6c45)cc3)c2)cc1. The lowest BCUT2D eigenvalue weighted by Gasteiger charge is -2.26. The summed E-state index contributed by atoms with van der Waals surface area (Å²) in [6.07, 6.45) is 0. The summed E-state index contributed by atoms with van der Waals surface area (Å²) in [5.74, 6) is 0. The highest BCUT2D eigenvalue weighted by Crippen LogP contribution is 2.45. The summed E-state index contributed by atoms with van der Waals surface area (Å²) in [6, 6.07) is 91.9. The van der Waals surface area contributed by atoms with Gasteiger partial charge in [0.05, 0.1) is 22.1 Å². The Morgan fingerprint density at radius 3 is 1.48 bits per heavy atom. The molecule has 0 amide bonds.